The van der Waals surface area contributed by atoms with Gasteiger partial charge in [0.2, 0.25) is 5.91 Å². The Bertz CT molecular complexity index is 763. The van der Waals surface area contributed by atoms with E-state index in [0.717, 1.165) is 35.5 Å². The number of amides is 1. The molecule has 1 atom stereocenters. The fraction of sp³-hybridized carbons (Fsp3) is 0.350. The highest BCUT2D eigenvalue weighted by Gasteiger charge is 2.29. The summed E-state index contributed by atoms with van der Waals surface area (Å²) in [5, 5.41) is 3.74. The molecule has 1 amide bonds. The van der Waals surface area contributed by atoms with E-state index in [0.29, 0.717) is 18.0 Å². The number of benzene rings is 2. The molecule has 1 aliphatic rings. The monoisotopic (exact) mass is 358 g/mol. The maximum absolute atomic E-state index is 12.6. The number of ether oxygens (including phenoxy) is 1. The minimum atomic E-state index is -0.0390. The fourth-order valence-electron chi connectivity index (χ4n) is 3.41. The molecule has 2 aromatic rings. The van der Waals surface area contributed by atoms with Gasteiger partial charge in [-0.2, -0.15) is 0 Å². The summed E-state index contributed by atoms with van der Waals surface area (Å²) in [6.07, 6.45) is 2.09. The van der Waals surface area contributed by atoms with Crippen molar-refractivity contribution in [3.8, 4) is 5.75 Å². The van der Waals surface area contributed by atoms with Crippen molar-refractivity contribution in [3.63, 3.8) is 0 Å². The molecule has 4 nitrogen and oxygen atoms in total. The zero-order valence-electron chi connectivity index (χ0n) is 14.6. The van der Waals surface area contributed by atoms with Crippen LogP contribution in [0.3, 0.4) is 0 Å². The Morgan fingerprint density at radius 3 is 2.88 bits per heavy atom. The highest BCUT2D eigenvalue weighted by Crippen LogP contribution is 2.35. The van der Waals surface area contributed by atoms with Crippen molar-refractivity contribution in [1.29, 1.82) is 0 Å². The predicted molar refractivity (Wildman–Crippen MR) is 101 cm³/mol. The Balaban J connectivity index is 1.70. The summed E-state index contributed by atoms with van der Waals surface area (Å²) >= 11 is 6.35. The summed E-state index contributed by atoms with van der Waals surface area (Å²) < 4.78 is 5.33. The molecule has 1 aliphatic heterocycles. The third-order valence-corrected chi connectivity index (χ3v) is 4.95. The van der Waals surface area contributed by atoms with E-state index in [9.17, 15) is 4.79 Å². The summed E-state index contributed by atoms with van der Waals surface area (Å²) in [7, 11) is 1.61. The summed E-state index contributed by atoms with van der Waals surface area (Å²) in [5.41, 5.74) is 2.88. The molecule has 0 spiro atoms. The lowest BCUT2D eigenvalue weighted by Crippen LogP contribution is -2.33. The highest BCUT2D eigenvalue weighted by atomic mass is 35.5. The van der Waals surface area contributed by atoms with E-state index < -0.39 is 0 Å². The second-order valence-corrected chi connectivity index (χ2v) is 6.81. The van der Waals surface area contributed by atoms with Gasteiger partial charge in [0.15, 0.2) is 0 Å². The number of methoxy groups -OCH3 is 1. The Labute approximate surface area is 153 Å². The number of carbonyl (C=O) groups is 1. The Morgan fingerprint density at radius 2 is 2.12 bits per heavy atom. The zero-order valence-corrected chi connectivity index (χ0v) is 15.3. The first-order valence-corrected chi connectivity index (χ1v) is 8.89. The van der Waals surface area contributed by atoms with E-state index in [2.05, 4.69) is 10.2 Å². The smallest absolute Gasteiger partial charge is 0.238 e. The molecule has 1 fully saturated rings. The number of hydrogen-bond acceptors (Lipinski definition) is 3. The van der Waals surface area contributed by atoms with Gasteiger partial charge in [0.1, 0.15) is 5.75 Å². The van der Waals surface area contributed by atoms with Crippen molar-refractivity contribution >= 4 is 23.2 Å². The van der Waals surface area contributed by atoms with Crippen molar-refractivity contribution in [1.82, 2.24) is 4.90 Å². The molecule has 1 N–H and O–H groups in total. The van der Waals surface area contributed by atoms with Gasteiger partial charge in [0.25, 0.3) is 0 Å². The molecular weight excluding hydrogens is 336 g/mol. The molecule has 0 aliphatic carbocycles. The van der Waals surface area contributed by atoms with E-state index in [1.807, 2.05) is 49.4 Å². The Hall–Kier alpha value is -2.04. The van der Waals surface area contributed by atoms with Gasteiger partial charge in [0, 0.05) is 11.1 Å². The van der Waals surface area contributed by atoms with Crippen molar-refractivity contribution in [2.45, 2.75) is 25.8 Å². The maximum atomic E-state index is 12.6. The number of rotatable bonds is 5. The molecule has 132 valence electrons. The van der Waals surface area contributed by atoms with Gasteiger partial charge in [-0.15, -0.1) is 0 Å². The standard InChI is InChI=1S/C20H23ClN2O2/c1-14-9-10-19(25-2)17(12-14)22-20(24)13-23-11-5-8-18(23)15-6-3-4-7-16(15)21/h3-4,6-7,9-10,12,18H,5,8,11,13H2,1-2H3,(H,22,24). The molecule has 1 heterocycles. The van der Waals surface area contributed by atoms with Crippen LogP contribution in [0.4, 0.5) is 5.69 Å². The summed E-state index contributed by atoms with van der Waals surface area (Å²) in [5.74, 6) is 0.630. The third-order valence-electron chi connectivity index (χ3n) is 4.60. The van der Waals surface area contributed by atoms with Gasteiger partial charge < -0.3 is 10.1 Å². The lowest BCUT2D eigenvalue weighted by Gasteiger charge is -2.25. The molecule has 0 saturated carbocycles. The maximum Gasteiger partial charge on any atom is 0.238 e. The van der Waals surface area contributed by atoms with Crippen LogP contribution in [0.2, 0.25) is 5.02 Å². The van der Waals surface area contributed by atoms with Crippen LogP contribution in [0.25, 0.3) is 0 Å². The predicted octanol–water partition coefficient (Wildman–Crippen LogP) is 4.43. The second kappa shape index (κ2) is 7.89. The van der Waals surface area contributed by atoms with E-state index in [1.165, 1.54) is 0 Å². The molecule has 3 rings (SSSR count). The number of halogens is 1. The Kier molecular flexibility index (Phi) is 5.61. The normalized spacial score (nSPS) is 17.5. The fourth-order valence-corrected chi connectivity index (χ4v) is 3.67. The number of aryl methyl sites for hydroxylation is 1. The largest absolute Gasteiger partial charge is 0.495 e. The van der Waals surface area contributed by atoms with Gasteiger partial charge in [-0.05, 0) is 55.6 Å². The van der Waals surface area contributed by atoms with Crippen LogP contribution in [0, 0.1) is 6.92 Å². The van der Waals surface area contributed by atoms with Crippen LogP contribution in [0.1, 0.15) is 30.0 Å². The number of likely N-dealkylation sites (tertiary alicyclic amines) is 1. The van der Waals surface area contributed by atoms with Crippen LogP contribution in [0.15, 0.2) is 42.5 Å². The van der Waals surface area contributed by atoms with E-state index in [4.69, 9.17) is 16.3 Å². The molecular formula is C20H23ClN2O2. The topological polar surface area (TPSA) is 41.6 Å². The Morgan fingerprint density at radius 1 is 1.32 bits per heavy atom. The van der Waals surface area contributed by atoms with Gasteiger partial charge in [-0.25, -0.2) is 0 Å². The quantitative estimate of drug-likeness (QED) is 0.859. The van der Waals surface area contributed by atoms with Gasteiger partial charge in [0.05, 0.1) is 19.3 Å². The molecule has 0 radical (unpaired) electrons. The van der Waals surface area contributed by atoms with Crippen LogP contribution in [-0.4, -0.2) is 31.0 Å². The summed E-state index contributed by atoms with van der Waals surface area (Å²) in [6.45, 7) is 3.23. The lowest BCUT2D eigenvalue weighted by molar-refractivity contribution is -0.117. The molecule has 25 heavy (non-hydrogen) atoms. The lowest BCUT2D eigenvalue weighted by atomic mass is 10.0. The minimum absolute atomic E-state index is 0.0390. The molecule has 2 aromatic carbocycles. The first kappa shape index (κ1) is 17.8. The van der Waals surface area contributed by atoms with Crippen LogP contribution in [0.5, 0.6) is 5.75 Å². The number of carbonyl (C=O) groups excluding carboxylic acids is 1. The van der Waals surface area contributed by atoms with Crippen molar-refractivity contribution < 1.29 is 9.53 Å². The first-order chi connectivity index (χ1) is 12.1. The van der Waals surface area contributed by atoms with Crippen molar-refractivity contribution in [2.75, 3.05) is 25.5 Å². The highest BCUT2D eigenvalue weighted by molar-refractivity contribution is 6.31. The summed E-state index contributed by atoms with van der Waals surface area (Å²) in [4.78, 5) is 14.8. The molecule has 0 bridgehead atoms. The zero-order chi connectivity index (χ0) is 17.8. The average Bonchev–Trinajstić information content (AvgIpc) is 3.03. The first-order valence-electron chi connectivity index (χ1n) is 8.51. The number of nitrogens with zero attached hydrogens (tertiary/aromatic N) is 1. The van der Waals surface area contributed by atoms with E-state index >= 15 is 0 Å². The molecule has 5 heteroatoms. The van der Waals surface area contributed by atoms with E-state index in [-0.39, 0.29) is 11.9 Å². The van der Waals surface area contributed by atoms with E-state index in [1.54, 1.807) is 7.11 Å². The SMILES string of the molecule is COc1ccc(C)cc1NC(=O)CN1CCCC1c1ccccc1Cl. The van der Waals surface area contributed by atoms with Gasteiger partial charge in [-0.3, -0.25) is 9.69 Å². The second-order valence-electron chi connectivity index (χ2n) is 6.40. The number of hydrogen-bond donors (Lipinski definition) is 1. The van der Waals surface area contributed by atoms with Crippen LogP contribution in [-0.2, 0) is 4.79 Å². The summed E-state index contributed by atoms with van der Waals surface area (Å²) in [6, 6.07) is 13.8. The molecule has 0 aromatic heterocycles. The minimum Gasteiger partial charge on any atom is -0.495 e. The number of anilines is 1. The van der Waals surface area contributed by atoms with Crippen molar-refractivity contribution in [3.05, 3.63) is 58.6 Å². The van der Waals surface area contributed by atoms with Crippen molar-refractivity contribution in [2.24, 2.45) is 0 Å². The van der Waals surface area contributed by atoms with Crippen LogP contribution < -0.4 is 10.1 Å². The van der Waals surface area contributed by atoms with Crippen LogP contribution >= 0.6 is 11.6 Å². The number of nitrogens with one attached hydrogen (secondary N) is 1. The average molecular weight is 359 g/mol. The van der Waals surface area contributed by atoms with Gasteiger partial charge >= 0.3 is 0 Å². The third kappa shape index (κ3) is 4.14. The molecule has 1 unspecified atom stereocenters. The van der Waals surface area contributed by atoms with Gasteiger partial charge in [-0.1, -0.05) is 35.9 Å². The molecule has 1 saturated heterocycles.